The zero-order chi connectivity index (χ0) is 10.9. The normalized spacial score (nSPS) is 25.3. The molecule has 0 spiro atoms. The molecule has 0 amide bonds. The van der Waals surface area contributed by atoms with Crippen molar-refractivity contribution in [2.75, 3.05) is 5.33 Å². The topological polar surface area (TPSA) is 26.3 Å². The van der Waals surface area contributed by atoms with Gasteiger partial charge in [-0.05, 0) is 12.5 Å². The van der Waals surface area contributed by atoms with Crippen molar-refractivity contribution in [3.63, 3.8) is 0 Å². The Bertz CT molecular complexity index is 372. The molecule has 1 heterocycles. The van der Waals surface area contributed by atoms with Gasteiger partial charge in [-0.2, -0.15) is 0 Å². The Labute approximate surface area is 97.8 Å². The summed E-state index contributed by atoms with van der Waals surface area (Å²) in [5.74, 6) is -0.102. The number of benzene rings is 1. The van der Waals surface area contributed by atoms with Gasteiger partial charge in [0.15, 0.2) is 0 Å². The number of carbonyl (C=O) groups is 1. The van der Waals surface area contributed by atoms with Crippen LogP contribution in [0.1, 0.15) is 24.0 Å². The number of carbonyl (C=O) groups excluding carboxylic acids is 1. The summed E-state index contributed by atoms with van der Waals surface area (Å²) >= 11 is 3.44. The van der Waals surface area contributed by atoms with Gasteiger partial charge in [0, 0.05) is 18.2 Å². The molecule has 1 aliphatic heterocycles. The summed E-state index contributed by atoms with van der Waals surface area (Å²) in [5.41, 5.74) is 1.86. The average Bonchev–Trinajstić information content (AvgIpc) is 2.62. The number of hydrogen-bond donors (Lipinski definition) is 0. The van der Waals surface area contributed by atoms with E-state index in [1.165, 1.54) is 5.56 Å². The van der Waals surface area contributed by atoms with Gasteiger partial charge < -0.3 is 4.74 Å². The molecule has 0 bridgehead atoms. The second-order valence-corrected chi connectivity index (χ2v) is 4.53. The van der Waals surface area contributed by atoms with Gasteiger partial charge in [-0.3, -0.25) is 4.79 Å². The molecule has 2 rings (SSSR count). The lowest BCUT2D eigenvalue weighted by Gasteiger charge is -2.25. The van der Waals surface area contributed by atoms with Crippen LogP contribution in [-0.2, 0) is 15.1 Å². The van der Waals surface area contributed by atoms with Gasteiger partial charge in [0.2, 0.25) is 0 Å². The smallest absolute Gasteiger partial charge is 0.306 e. The minimum absolute atomic E-state index is 0.102. The first kappa shape index (κ1) is 10.7. The largest absolute Gasteiger partial charge is 0.453 e. The summed E-state index contributed by atoms with van der Waals surface area (Å²) in [7, 11) is 0. The van der Waals surface area contributed by atoms with Crippen molar-refractivity contribution in [2.45, 2.75) is 25.4 Å². The van der Waals surface area contributed by atoms with Gasteiger partial charge in [-0.15, -0.1) is 0 Å². The molecule has 0 saturated carbocycles. The van der Waals surface area contributed by atoms with Crippen LogP contribution in [0.15, 0.2) is 24.3 Å². The number of cyclic esters (lactones) is 1. The van der Waals surface area contributed by atoms with Crippen LogP contribution in [0.4, 0.5) is 0 Å². The van der Waals surface area contributed by atoms with Crippen molar-refractivity contribution < 1.29 is 9.53 Å². The van der Waals surface area contributed by atoms with E-state index in [-0.39, 0.29) is 5.97 Å². The number of esters is 1. The zero-order valence-electron chi connectivity index (χ0n) is 8.63. The van der Waals surface area contributed by atoms with Crippen LogP contribution in [0.2, 0.25) is 0 Å². The summed E-state index contributed by atoms with van der Waals surface area (Å²) in [6.07, 6.45) is 1.28. The van der Waals surface area contributed by atoms with E-state index in [2.05, 4.69) is 15.9 Å². The molecule has 80 valence electrons. The number of aryl methyl sites for hydroxylation is 1. The molecule has 0 aliphatic carbocycles. The first-order valence-corrected chi connectivity index (χ1v) is 6.13. The maximum Gasteiger partial charge on any atom is 0.306 e. The van der Waals surface area contributed by atoms with Crippen LogP contribution in [0.3, 0.4) is 0 Å². The van der Waals surface area contributed by atoms with Gasteiger partial charge in [0.1, 0.15) is 5.60 Å². The van der Waals surface area contributed by atoms with Crippen molar-refractivity contribution in [3.8, 4) is 0 Å². The maximum atomic E-state index is 11.2. The van der Waals surface area contributed by atoms with E-state index in [0.717, 1.165) is 12.0 Å². The fourth-order valence-electron chi connectivity index (χ4n) is 1.86. The van der Waals surface area contributed by atoms with Crippen LogP contribution in [0.25, 0.3) is 0 Å². The molecular formula is C12H13BrO2. The summed E-state index contributed by atoms with van der Waals surface area (Å²) in [6, 6.07) is 8.17. The highest BCUT2D eigenvalue weighted by Gasteiger charge is 2.40. The number of hydrogen-bond acceptors (Lipinski definition) is 2. The third kappa shape index (κ3) is 1.93. The molecule has 1 saturated heterocycles. The van der Waals surface area contributed by atoms with Crippen LogP contribution >= 0.6 is 15.9 Å². The first-order chi connectivity index (χ1) is 7.16. The van der Waals surface area contributed by atoms with E-state index in [9.17, 15) is 4.79 Å². The fourth-order valence-corrected chi connectivity index (χ4v) is 2.57. The van der Waals surface area contributed by atoms with E-state index in [4.69, 9.17) is 4.74 Å². The van der Waals surface area contributed by atoms with Crippen molar-refractivity contribution in [1.82, 2.24) is 0 Å². The Balaban J connectivity index is 2.34. The van der Waals surface area contributed by atoms with Crippen molar-refractivity contribution in [1.29, 1.82) is 0 Å². The minimum Gasteiger partial charge on any atom is -0.453 e. The van der Waals surface area contributed by atoms with Gasteiger partial charge in [0.25, 0.3) is 0 Å². The van der Waals surface area contributed by atoms with E-state index in [0.29, 0.717) is 11.8 Å². The molecule has 3 heteroatoms. The molecule has 0 aromatic heterocycles. The third-order valence-corrected chi connectivity index (χ3v) is 3.74. The van der Waals surface area contributed by atoms with Gasteiger partial charge in [-0.25, -0.2) is 0 Å². The Hall–Kier alpha value is -0.830. The predicted octanol–water partition coefficient (Wildman–Crippen LogP) is 2.92. The Morgan fingerprint density at radius 3 is 2.53 bits per heavy atom. The van der Waals surface area contributed by atoms with Crippen LogP contribution in [0, 0.1) is 6.92 Å². The quantitative estimate of drug-likeness (QED) is 0.609. The van der Waals surface area contributed by atoms with Crippen LogP contribution in [-0.4, -0.2) is 11.3 Å². The number of alkyl halides is 1. The molecule has 0 radical (unpaired) electrons. The highest BCUT2D eigenvalue weighted by Crippen LogP contribution is 2.38. The molecule has 1 fully saturated rings. The van der Waals surface area contributed by atoms with E-state index < -0.39 is 5.60 Å². The fraction of sp³-hybridized carbons (Fsp3) is 0.417. The van der Waals surface area contributed by atoms with E-state index in [1.54, 1.807) is 0 Å². The van der Waals surface area contributed by atoms with Gasteiger partial charge >= 0.3 is 5.97 Å². The number of ether oxygens (including phenoxy) is 1. The lowest BCUT2D eigenvalue weighted by Crippen LogP contribution is -2.27. The lowest BCUT2D eigenvalue weighted by molar-refractivity contribution is -0.147. The van der Waals surface area contributed by atoms with E-state index >= 15 is 0 Å². The molecule has 1 aliphatic rings. The second-order valence-electron chi connectivity index (χ2n) is 3.97. The molecule has 1 aromatic rings. The van der Waals surface area contributed by atoms with Crippen molar-refractivity contribution in [3.05, 3.63) is 35.4 Å². The van der Waals surface area contributed by atoms with Crippen LogP contribution in [0.5, 0.6) is 0 Å². The van der Waals surface area contributed by atoms with E-state index in [1.807, 2.05) is 31.2 Å². The van der Waals surface area contributed by atoms with Gasteiger partial charge in [-0.1, -0.05) is 45.8 Å². The molecule has 2 nitrogen and oxygen atoms in total. The maximum absolute atomic E-state index is 11.2. The van der Waals surface area contributed by atoms with Crippen LogP contribution < -0.4 is 0 Å². The minimum atomic E-state index is -0.440. The SMILES string of the molecule is Cc1ccc([C@@]2(CBr)CCC(=O)O2)cc1. The summed E-state index contributed by atoms with van der Waals surface area (Å²) in [5, 5.41) is 0.662. The predicted molar refractivity (Wildman–Crippen MR) is 62.0 cm³/mol. The molecule has 1 atom stereocenters. The van der Waals surface area contributed by atoms with Crippen molar-refractivity contribution >= 4 is 21.9 Å². The Morgan fingerprint density at radius 2 is 2.07 bits per heavy atom. The Kier molecular flexibility index (Phi) is 2.83. The monoisotopic (exact) mass is 268 g/mol. The zero-order valence-corrected chi connectivity index (χ0v) is 10.2. The molecule has 0 unspecified atom stereocenters. The average molecular weight is 269 g/mol. The highest BCUT2D eigenvalue weighted by molar-refractivity contribution is 9.09. The second kappa shape index (κ2) is 3.97. The highest BCUT2D eigenvalue weighted by atomic mass is 79.9. The van der Waals surface area contributed by atoms with Gasteiger partial charge in [0.05, 0.1) is 0 Å². The molecular weight excluding hydrogens is 256 g/mol. The summed E-state index contributed by atoms with van der Waals surface area (Å²) < 4.78 is 5.44. The first-order valence-electron chi connectivity index (χ1n) is 5.01. The molecule has 1 aromatic carbocycles. The molecule has 15 heavy (non-hydrogen) atoms. The standard InChI is InChI=1S/C12H13BrO2/c1-9-2-4-10(5-3-9)12(8-13)7-6-11(14)15-12/h2-5H,6-8H2,1H3/t12-/m0/s1. The molecule has 0 N–H and O–H groups in total. The number of halogens is 1. The summed E-state index contributed by atoms with van der Waals surface area (Å²) in [6.45, 7) is 2.05. The summed E-state index contributed by atoms with van der Waals surface area (Å²) in [4.78, 5) is 11.2. The Morgan fingerprint density at radius 1 is 1.40 bits per heavy atom. The lowest BCUT2D eigenvalue weighted by atomic mass is 9.92. The number of rotatable bonds is 2. The third-order valence-electron chi connectivity index (χ3n) is 2.84. The van der Waals surface area contributed by atoms with Crippen molar-refractivity contribution in [2.24, 2.45) is 0 Å².